The molecule has 2 aromatic heterocycles. The van der Waals surface area contributed by atoms with Crippen LogP contribution in [0.5, 0.6) is 5.88 Å². The van der Waals surface area contributed by atoms with Crippen molar-refractivity contribution in [2.75, 3.05) is 0 Å². The van der Waals surface area contributed by atoms with Crippen molar-refractivity contribution in [2.24, 2.45) is 0 Å². The molecule has 0 spiro atoms. The van der Waals surface area contributed by atoms with Crippen LogP contribution in [-0.4, -0.2) is 39.1 Å². The Morgan fingerprint density at radius 3 is 2.58 bits per heavy atom. The molecule has 1 saturated carbocycles. The van der Waals surface area contributed by atoms with Crippen LogP contribution in [0.25, 0.3) is 10.2 Å². The second-order valence-electron chi connectivity index (χ2n) is 10.5. The van der Waals surface area contributed by atoms with Gasteiger partial charge in [-0.25, -0.2) is 14.8 Å². The lowest BCUT2D eigenvalue weighted by Crippen LogP contribution is -2.52. The van der Waals surface area contributed by atoms with E-state index in [1.807, 2.05) is 20.8 Å². The van der Waals surface area contributed by atoms with Crippen LogP contribution in [0.4, 0.5) is 4.79 Å². The highest BCUT2D eigenvalue weighted by molar-refractivity contribution is 7.19. The highest BCUT2D eigenvalue weighted by Crippen LogP contribution is 2.47. The zero-order valence-electron chi connectivity index (χ0n) is 20.3. The molecule has 2 heterocycles. The summed E-state index contributed by atoms with van der Waals surface area (Å²) in [6.07, 6.45) is 7.98. The van der Waals surface area contributed by atoms with Gasteiger partial charge in [-0.05, 0) is 84.1 Å². The van der Waals surface area contributed by atoms with Crippen LogP contribution in [0.3, 0.4) is 0 Å². The maximum absolute atomic E-state index is 12.4. The minimum atomic E-state index is -0.515. The molecule has 2 aliphatic rings. The third-order valence-electron chi connectivity index (χ3n) is 6.84. The molecule has 1 N–H and O–H groups in total. The average molecular weight is 474 g/mol. The zero-order chi connectivity index (χ0) is 23.8. The smallest absolute Gasteiger partial charge is 0.408 e. The standard InChI is InChI=1S/C25H35N3O4S/c1-6-25(28-23(30)32-24(3,4)5)11-9-17(10-12-25)31-21-20-19-16(13-15(2)29)7-8-18(19)33-22(20)27-14-26-21/h14,16-17H,6-13H2,1-5H3,(H,28,30)/t16-,17?,25?/m1/s1. The number of hydrogen-bond acceptors (Lipinski definition) is 7. The molecule has 2 aliphatic carbocycles. The summed E-state index contributed by atoms with van der Waals surface area (Å²) in [6, 6.07) is 0. The molecule has 4 rings (SSSR count). The normalized spacial score (nSPS) is 25.0. The number of hydrogen-bond donors (Lipinski definition) is 1. The van der Waals surface area contributed by atoms with Gasteiger partial charge in [0.05, 0.1) is 5.39 Å². The fourth-order valence-corrected chi connectivity index (χ4v) is 6.42. The summed E-state index contributed by atoms with van der Waals surface area (Å²) >= 11 is 1.70. The van der Waals surface area contributed by atoms with E-state index >= 15 is 0 Å². The third kappa shape index (κ3) is 5.31. The van der Waals surface area contributed by atoms with Crippen LogP contribution in [0.2, 0.25) is 0 Å². The predicted molar refractivity (Wildman–Crippen MR) is 129 cm³/mol. The van der Waals surface area contributed by atoms with Gasteiger partial charge in [-0.1, -0.05) is 6.92 Å². The zero-order valence-corrected chi connectivity index (χ0v) is 21.1. The number of carbonyl (C=O) groups is 2. The maximum atomic E-state index is 12.4. The Hall–Kier alpha value is -2.22. The number of amides is 1. The van der Waals surface area contributed by atoms with Crippen molar-refractivity contribution in [1.29, 1.82) is 0 Å². The van der Waals surface area contributed by atoms with E-state index in [1.54, 1.807) is 24.6 Å². The average Bonchev–Trinajstić information content (AvgIpc) is 3.28. The van der Waals surface area contributed by atoms with Gasteiger partial charge < -0.3 is 19.6 Å². The second-order valence-corrected chi connectivity index (χ2v) is 11.6. The van der Waals surface area contributed by atoms with E-state index < -0.39 is 5.60 Å². The number of aromatic nitrogens is 2. The fourth-order valence-electron chi connectivity index (χ4n) is 5.19. The monoisotopic (exact) mass is 473 g/mol. The number of nitrogens with one attached hydrogen (secondary N) is 1. The van der Waals surface area contributed by atoms with Crippen molar-refractivity contribution in [3.05, 3.63) is 16.8 Å². The SMILES string of the molecule is CCC1(NC(=O)OC(C)(C)C)CCC(Oc2ncnc3sc4c(c23)[C@@H](CC(C)=O)CC4)CC1. The summed E-state index contributed by atoms with van der Waals surface area (Å²) in [5.41, 5.74) is 0.448. The molecule has 0 aliphatic heterocycles. The van der Waals surface area contributed by atoms with Gasteiger partial charge in [0.2, 0.25) is 5.88 Å². The van der Waals surface area contributed by atoms with Crippen LogP contribution >= 0.6 is 11.3 Å². The molecule has 8 heteroatoms. The van der Waals surface area contributed by atoms with Crippen LogP contribution < -0.4 is 10.1 Å². The van der Waals surface area contributed by atoms with Gasteiger partial charge in [0.25, 0.3) is 0 Å². The predicted octanol–water partition coefficient (Wildman–Crippen LogP) is 5.70. The molecule has 2 aromatic rings. The summed E-state index contributed by atoms with van der Waals surface area (Å²) in [5.74, 6) is 1.09. The quantitative estimate of drug-likeness (QED) is 0.579. The van der Waals surface area contributed by atoms with Gasteiger partial charge in [0.15, 0.2) is 0 Å². The van der Waals surface area contributed by atoms with E-state index in [2.05, 4.69) is 22.2 Å². The molecule has 1 atom stereocenters. The number of nitrogens with zero attached hydrogens (tertiary/aromatic N) is 2. The van der Waals surface area contributed by atoms with Gasteiger partial charge in [-0.3, -0.25) is 0 Å². The third-order valence-corrected chi connectivity index (χ3v) is 8.01. The summed E-state index contributed by atoms with van der Waals surface area (Å²) in [4.78, 5) is 35.5. The molecule has 0 saturated heterocycles. The van der Waals surface area contributed by atoms with Crippen molar-refractivity contribution in [3.63, 3.8) is 0 Å². The molecule has 0 unspecified atom stereocenters. The minimum Gasteiger partial charge on any atom is -0.474 e. The lowest BCUT2D eigenvalue weighted by atomic mass is 9.78. The molecule has 1 amide bonds. The summed E-state index contributed by atoms with van der Waals surface area (Å²) in [6.45, 7) is 9.39. The van der Waals surface area contributed by atoms with E-state index in [0.29, 0.717) is 12.3 Å². The molecule has 0 radical (unpaired) electrons. The van der Waals surface area contributed by atoms with E-state index in [9.17, 15) is 9.59 Å². The first-order chi connectivity index (χ1) is 15.6. The van der Waals surface area contributed by atoms with Crippen molar-refractivity contribution < 1.29 is 19.1 Å². The molecule has 180 valence electrons. The molecular formula is C25H35N3O4S. The van der Waals surface area contributed by atoms with E-state index in [0.717, 1.165) is 55.2 Å². The highest BCUT2D eigenvalue weighted by Gasteiger charge is 2.38. The molecule has 7 nitrogen and oxygen atoms in total. The van der Waals surface area contributed by atoms with E-state index in [1.165, 1.54) is 10.4 Å². The van der Waals surface area contributed by atoms with Crippen LogP contribution in [-0.2, 0) is 16.0 Å². The number of ether oxygens (including phenoxy) is 2. The number of rotatable bonds is 6. The lowest BCUT2D eigenvalue weighted by molar-refractivity contribution is -0.117. The van der Waals surface area contributed by atoms with Gasteiger partial charge >= 0.3 is 6.09 Å². The van der Waals surface area contributed by atoms with Gasteiger partial charge in [0, 0.05) is 16.8 Å². The molecule has 1 fully saturated rings. The number of thiophene rings is 1. The fraction of sp³-hybridized carbons (Fsp3) is 0.680. The Labute approximate surface area is 199 Å². The van der Waals surface area contributed by atoms with Crippen LogP contribution in [0.15, 0.2) is 6.33 Å². The number of fused-ring (bicyclic) bond motifs is 3. The van der Waals surface area contributed by atoms with E-state index in [4.69, 9.17) is 9.47 Å². The number of Topliss-reactive ketones (excluding diaryl/α,β-unsaturated/α-hetero) is 1. The van der Waals surface area contributed by atoms with Gasteiger partial charge in [-0.2, -0.15) is 0 Å². The number of carbonyl (C=O) groups excluding carboxylic acids is 2. The lowest BCUT2D eigenvalue weighted by Gasteiger charge is -2.40. The van der Waals surface area contributed by atoms with Crippen molar-refractivity contribution in [1.82, 2.24) is 15.3 Å². The topological polar surface area (TPSA) is 90.4 Å². The van der Waals surface area contributed by atoms with Crippen LogP contribution in [0.1, 0.15) is 95.9 Å². The first-order valence-corrected chi connectivity index (χ1v) is 12.8. The maximum Gasteiger partial charge on any atom is 0.408 e. The Balaban J connectivity index is 1.47. The first-order valence-electron chi connectivity index (χ1n) is 12.0. The Bertz CT molecular complexity index is 1030. The first kappa shape index (κ1) is 23.9. The van der Waals surface area contributed by atoms with Crippen LogP contribution in [0, 0.1) is 0 Å². The summed E-state index contributed by atoms with van der Waals surface area (Å²) < 4.78 is 11.9. The molecule has 0 bridgehead atoms. The second kappa shape index (κ2) is 9.20. The Kier molecular flexibility index (Phi) is 6.67. The van der Waals surface area contributed by atoms with Crippen molar-refractivity contribution in [2.45, 2.75) is 109 Å². The van der Waals surface area contributed by atoms with E-state index in [-0.39, 0.29) is 29.4 Å². The number of alkyl carbamates (subject to hydrolysis) is 1. The van der Waals surface area contributed by atoms with Gasteiger partial charge in [-0.15, -0.1) is 11.3 Å². The molecule has 0 aromatic carbocycles. The summed E-state index contributed by atoms with van der Waals surface area (Å²) in [5, 5.41) is 4.13. The molecule has 33 heavy (non-hydrogen) atoms. The number of ketones is 1. The largest absolute Gasteiger partial charge is 0.474 e. The summed E-state index contributed by atoms with van der Waals surface area (Å²) in [7, 11) is 0. The Morgan fingerprint density at radius 1 is 1.21 bits per heavy atom. The Morgan fingerprint density at radius 2 is 1.94 bits per heavy atom. The minimum absolute atomic E-state index is 0.0337. The van der Waals surface area contributed by atoms with Crippen molar-refractivity contribution >= 4 is 33.4 Å². The highest BCUT2D eigenvalue weighted by atomic mass is 32.1. The van der Waals surface area contributed by atoms with Gasteiger partial charge in [0.1, 0.15) is 28.6 Å². The number of aryl methyl sites for hydroxylation is 1. The molecular weight excluding hydrogens is 438 g/mol. The van der Waals surface area contributed by atoms with Crippen molar-refractivity contribution in [3.8, 4) is 5.88 Å².